The molecule has 0 aliphatic carbocycles. The molecule has 4 nitrogen and oxygen atoms in total. The van der Waals surface area contributed by atoms with Crippen LogP contribution in [0.4, 0.5) is 5.82 Å². The molecule has 0 N–H and O–H groups in total. The highest BCUT2D eigenvalue weighted by Crippen LogP contribution is 2.33. The zero-order valence-electron chi connectivity index (χ0n) is 11.2. The normalized spacial score (nSPS) is 23.2. The molecule has 1 aliphatic heterocycles. The van der Waals surface area contributed by atoms with E-state index in [1.54, 1.807) is 11.3 Å². The predicted molar refractivity (Wildman–Crippen MR) is 79.4 cm³/mol. The minimum Gasteiger partial charge on any atom is -0.376 e. The first-order valence-electron chi connectivity index (χ1n) is 6.34. The van der Waals surface area contributed by atoms with Gasteiger partial charge >= 0.3 is 0 Å². The molecule has 0 bridgehead atoms. The molecule has 1 fully saturated rings. The molecule has 102 valence electrons. The molecule has 3 rings (SSSR count). The zero-order valence-corrected chi connectivity index (χ0v) is 12.8. The average molecular weight is 298 g/mol. The van der Waals surface area contributed by atoms with Crippen LogP contribution in [0.5, 0.6) is 0 Å². The maximum absolute atomic E-state index is 6.05. The van der Waals surface area contributed by atoms with Gasteiger partial charge in [-0.1, -0.05) is 0 Å². The Labute approximate surface area is 121 Å². The average Bonchev–Trinajstić information content (AvgIpc) is 2.92. The van der Waals surface area contributed by atoms with Crippen molar-refractivity contribution in [3.05, 3.63) is 16.2 Å². The van der Waals surface area contributed by atoms with Crippen LogP contribution >= 0.6 is 22.9 Å². The fourth-order valence-electron chi connectivity index (χ4n) is 2.66. The highest BCUT2D eigenvalue weighted by molar-refractivity contribution is 7.18. The van der Waals surface area contributed by atoms with Crippen LogP contribution in [-0.2, 0) is 4.74 Å². The van der Waals surface area contributed by atoms with Gasteiger partial charge in [-0.15, -0.1) is 11.3 Å². The fourth-order valence-corrected chi connectivity index (χ4v) is 3.75. The number of aromatic nitrogens is 2. The molecule has 6 heteroatoms. The SMILES string of the molecule is Cc1cc2c(N(C)C3CCOC3C)nc(Cl)nc2s1. The number of aryl methyl sites for hydroxylation is 1. The van der Waals surface area contributed by atoms with Crippen LogP contribution in [0.2, 0.25) is 5.28 Å². The number of hydrogen-bond acceptors (Lipinski definition) is 5. The Bertz CT molecular complexity index is 615. The van der Waals surface area contributed by atoms with Gasteiger partial charge in [0, 0.05) is 18.5 Å². The van der Waals surface area contributed by atoms with Gasteiger partial charge in [0.1, 0.15) is 10.6 Å². The number of anilines is 1. The zero-order chi connectivity index (χ0) is 13.6. The molecule has 3 heterocycles. The van der Waals surface area contributed by atoms with Crippen molar-refractivity contribution in [3.8, 4) is 0 Å². The van der Waals surface area contributed by atoms with Crippen molar-refractivity contribution in [3.63, 3.8) is 0 Å². The van der Waals surface area contributed by atoms with Gasteiger partial charge in [0.2, 0.25) is 5.28 Å². The second kappa shape index (κ2) is 4.89. The van der Waals surface area contributed by atoms with Gasteiger partial charge in [-0.25, -0.2) is 4.98 Å². The summed E-state index contributed by atoms with van der Waals surface area (Å²) in [7, 11) is 2.06. The largest absolute Gasteiger partial charge is 0.376 e. The molecule has 0 spiro atoms. The molecule has 2 aromatic rings. The quantitative estimate of drug-likeness (QED) is 0.798. The van der Waals surface area contributed by atoms with Gasteiger partial charge in [-0.3, -0.25) is 0 Å². The number of fused-ring (bicyclic) bond motifs is 1. The summed E-state index contributed by atoms with van der Waals surface area (Å²) in [5.74, 6) is 0.904. The van der Waals surface area contributed by atoms with E-state index in [1.807, 2.05) is 0 Å². The number of ether oxygens (including phenoxy) is 1. The van der Waals surface area contributed by atoms with E-state index in [4.69, 9.17) is 16.3 Å². The third-order valence-corrected chi connectivity index (χ3v) is 4.75. The first-order chi connectivity index (χ1) is 9.06. The molecule has 0 saturated carbocycles. The first-order valence-corrected chi connectivity index (χ1v) is 7.54. The van der Waals surface area contributed by atoms with Crippen molar-refractivity contribution in [2.75, 3.05) is 18.6 Å². The number of hydrogen-bond donors (Lipinski definition) is 0. The highest BCUT2D eigenvalue weighted by atomic mass is 35.5. The summed E-state index contributed by atoms with van der Waals surface area (Å²) in [6, 6.07) is 2.47. The van der Waals surface area contributed by atoms with Crippen LogP contribution in [0.1, 0.15) is 18.2 Å². The van der Waals surface area contributed by atoms with Crippen molar-refractivity contribution in [2.45, 2.75) is 32.4 Å². The van der Waals surface area contributed by atoms with Gasteiger partial charge in [0.05, 0.1) is 17.5 Å². The van der Waals surface area contributed by atoms with E-state index in [0.717, 1.165) is 29.1 Å². The van der Waals surface area contributed by atoms with Gasteiger partial charge in [-0.2, -0.15) is 4.98 Å². The summed E-state index contributed by atoms with van der Waals surface area (Å²) in [6.07, 6.45) is 1.23. The maximum atomic E-state index is 6.05. The monoisotopic (exact) mass is 297 g/mol. The Morgan fingerprint density at radius 2 is 2.26 bits per heavy atom. The third-order valence-electron chi connectivity index (χ3n) is 3.64. The molecule has 19 heavy (non-hydrogen) atoms. The molecule has 0 aromatic carbocycles. The van der Waals surface area contributed by atoms with Gasteiger partial charge in [0.25, 0.3) is 0 Å². The minimum atomic E-state index is 0.216. The Kier molecular flexibility index (Phi) is 3.37. The van der Waals surface area contributed by atoms with Crippen LogP contribution in [0.25, 0.3) is 10.2 Å². The smallest absolute Gasteiger partial charge is 0.225 e. The van der Waals surface area contributed by atoms with E-state index < -0.39 is 0 Å². The summed E-state index contributed by atoms with van der Waals surface area (Å²) in [5, 5.41) is 1.39. The molecular weight excluding hydrogens is 282 g/mol. The molecule has 1 aliphatic rings. The van der Waals surface area contributed by atoms with Crippen LogP contribution in [0.15, 0.2) is 6.07 Å². The Morgan fingerprint density at radius 3 is 2.95 bits per heavy atom. The lowest BCUT2D eigenvalue weighted by molar-refractivity contribution is 0.118. The van der Waals surface area contributed by atoms with Crippen molar-refractivity contribution >= 4 is 39.0 Å². The summed E-state index contributed by atoms with van der Waals surface area (Å²) < 4.78 is 5.64. The number of likely N-dealkylation sites (N-methyl/N-ethyl adjacent to an activating group) is 1. The van der Waals surface area contributed by atoms with Crippen molar-refractivity contribution < 1.29 is 4.74 Å². The maximum Gasteiger partial charge on any atom is 0.225 e. The fraction of sp³-hybridized carbons (Fsp3) is 0.538. The van der Waals surface area contributed by atoms with Gasteiger partial charge < -0.3 is 9.64 Å². The van der Waals surface area contributed by atoms with Crippen molar-refractivity contribution in [1.82, 2.24) is 9.97 Å². The van der Waals surface area contributed by atoms with Crippen LogP contribution < -0.4 is 4.90 Å². The van der Waals surface area contributed by atoms with E-state index in [2.05, 4.69) is 41.8 Å². The van der Waals surface area contributed by atoms with Crippen LogP contribution in [-0.4, -0.2) is 35.8 Å². The lowest BCUT2D eigenvalue weighted by Gasteiger charge is -2.28. The predicted octanol–water partition coefficient (Wildman–Crippen LogP) is 3.27. The van der Waals surface area contributed by atoms with Crippen molar-refractivity contribution in [1.29, 1.82) is 0 Å². The summed E-state index contributed by atoms with van der Waals surface area (Å²) in [6.45, 7) is 4.99. The van der Waals surface area contributed by atoms with Gasteiger partial charge in [-0.05, 0) is 37.9 Å². The molecular formula is C13H16ClN3OS. The third kappa shape index (κ3) is 2.30. The molecule has 2 unspecified atom stereocenters. The number of nitrogens with zero attached hydrogens (tertiary/aromatic N) is 3. The van der Waals surface area contributed by atoms with E-state index in [9.17, 15) is 0 Å². The first kappa shape index (κ1) is 13.1. The molecule has 2 aromatic heterocycles. The number of thiophene rings is 1. The Morgan fingerprint density at radius 1 is 1.47 bits per heavy atom. The summed E-state index contributed by atoms with van der Waals surface area (Å²) in [4.78, 5) is 13.1. The molecule has 1 saturated heterocycles. The summed E-state index contributed by atoms with van der Waals surface area (Å²) in [5.41, 5.74) is 0. The van der Waals surface area contributed by atoms with Crippen LogP contribution in [0.3, 0.4) is 0 Å². The van der Waals surface area contributed by atoms with E-state index in [0.29, 0.717) is 11.3 Å². The second-order valence-electron chi connectivity index (χ2n) is 4.93. The molecule has 0 radical (unpaired) electrons. The second-order valence-corrected chi connectivity index (χ2v) is 6.51. The van der Waals surface area contributed by atoms with Crippen molar-refractivity contribution in [2.24, 2.45) is 0 Å². The number of halogens is 1. The summed E-state index contributed by atoms with van der Waals surface area (Å²) >= 11 is 7.69. The van der Waals surface area contributed by atoms with Crippen LogP contribution in [0, 0.1) is 6.92 Å². The minimum absolute atomic E-state index is 0.216. The molecule has 0 amide bonds. The Hall–Kier alpha value is -0.910. The van der Waals surface area contributed by atoms with E-state index in [1.165, 1.54) is 4.88 Å². The lowest BCUT2D eigenvalue weighted by atomic mass is 10.1. The number of rotatable bonds is 2. The van der Waals surface area contributed by atoms with E-state index >= 15 is 0 Å². The van der Waals surface area contributed by atoms with E-state index in [-0.39, 0.29) is 6.10 Å². The molecule has 2 atom stereocenters. The Balaban J connectivity index is 2.08. The topological polar surface area (TPSA) is 38.2 Å². The van der Waals surface area contributed by atoms with Gasteiger partial charge in [0.15, 0.2) is 0 Å². The standard InChI is InChI=1S/C13H16ClN3OS/c1-7-6-9-11(15-13(14)16-12(9)19-7)17(3)10-4-5-18-8(10)2/h6,8,10H,4-5H2,1-3H3. The highest BCUT2D eigenvalue weighted by Gasteiger charge is 2.30. The lowest BCUT2D eigenvalue weighted by Crippen LogP contribution is -2.37.